The highest BCUT2D eigenvalue weighted by atomic mass is 16.6. The summed E-state index contributed by atoms with van der Waals surface area (Å²) in [6.45, 7) is 1.00. The van der Waals surface area contributed by atoms with Gasteiger partial charge in [0.05, 0.1) is 5.92 Å². The molecule has 1 aromatic carbocycles. The monoisotopic (exact) mass is 289 g/mol. The highest BCUT2D eigenvalue weighted by Crippen LogP contribution is 2.44. The van der Waals surface area contributed by atoms with Crippen LogP contribution in [0.15, 0.2) is 30.3 Å². The summed E-state index contributed by atoms with van der Waals surface area (Å²) in [4.78, 5) is 24.9. The number of benzene rings is 1. The second kappa shape index (κ2) is 5.76. The fourth-order valence-corrected chi connectivity index (χ4v) is 3.05. The van der Waals surface area contributed by atoms with Crippen molar-refractivity contribution in [2.75, 3.05) is 13.1 Å². The highest BCUT2D eigenvalue weighted by molar-refractivity contribution is 5.74. The number of carbonyl (C=O) groups is 2. The fourth-order valence-electron chi connectivity index (χ4n) is 3.05. The Bertz CT molecular complexity index is 526. The van der Waals surface area contributed by atoms with E-state index < -0.39 is 18.0 Å². The van der Waals surface area contributed by atoms with E-state index in [4.69, 9.17) is 4.74 Å². The Morgan fingerprint density at radius 1 is 1.19 bits per heavy atom. The molecule has 0 unspecified atom stereocenters. The summed E-state index contributed by atoms with van der Waals surface area (Å²) < 4.78 is 5.28. The lowest BCUT2D eigenvalue weighted by atomic mass is 9.92. The third-order valence-electron chi connectivity index (χ3n) is 4.37. The first-order valence-electron chi connectivity index (χ1n) is 7.33. The first-order valence-corrected chi connectivity index (χ1v) is 7.33. The molecule has 1 heterocycles. The summed E-state index contributed by atoms with van der Waals surface area (Å²) in [5.74, 6) is -0.683. The summed E-state index contributed by atoms with van der Waals surface area (Å²) >= 11 is 0. The summed E-state index contributed by atoms with van der Waals surface area (Å²) in [7, 11) is 0. The molecule has 3 rings (SSSR count). The third-order valence-corrected chi connectivity index (χ3v) is 4.37. The average Bonchev–Trinajstić information content (AvgIpc) is 3.24. The number of amides is 1. The first-order chi connectivity index (χ1) is 10.1. The normalized spacial score (nSPS) is 24.9. The Hall–Kier alpha value is -2.04. The summed E-state index contributed by atoms with van der Waals surface area (Å²) in [6.07, 6.45) is 1.76. The Morgan fingerprint density at radius 2 is 1.90 bits per heavy atom. The van der Waals surface area contributed by atoms with Crippen molar-refractivity contribution in [1.82, 2.24) is 4.90 Å². The minimum absolute atomic E-state index is 0.0896. The average molecular weight is 289 g/mol. The molecule has 0 spiro atoms. The van der Waals surface area contributed by atoms with Crippen LogP contribution in [0.25, 0.3) is 0 Å². The first kappa shape index (κ1) is 13.9. The van der Waals surface area contributed by atoms with Crippen LogP contribution in [0.5, 0.6) is 0 Å². The summed E-state index contributed by atoms with van der Waals surface area (Å²) in [6, 6.07) is 9.48. The van der Waals surface area contributed by atoms with Gasteiger partial charge in [0.15, 0.2) is 0 Å². The van der Waals surface area contributed by atoms with Gasteiger partial charge in [-0.15, -0.1) is 0 Å². The predicted molar refractivity (Wildman–Crippen MR) is 75.5 cm³/mol. The molecule has 1 amide bonds. The number of carbonyl (C=O) groups excluding carboxylic acids is 1. The largest absolute Gasteiger partial charge is 0.481 e. The predicted octanol–water partition coefficient (Wildman–Crippen LogP) is 2.37. The Kier molecular flexibility index (Phi) is 3.82. The molecule has 21 heavy (non-hydrogen) atoms. The lowest BCUT2D eigenvalue weighted by Gasteiger charge is -2.16. The lowest BCUT2D eigenvalue weighted by molar-refractivity contribution is -0.142. The van der Waals surface area contributed by atoms with Crippen molar-refractivity contribution in [3.63, 3.8) is 0 Å². The van der Waals surface area contributed by atoms with Crippen LogP contribution in [0.2, 0.25) is 0 Å². The van der Waals surface area contributed by atoms with Crippen molar-refractivity contribution in [2.45, 2.75) is 19.4 Å². The highest BCUT2D eigenvalue weighted by Gasteiger charge is 2.47. The Morgan fingerprint density at radius 3 is 2.52 bits per heavy atom. The van der Waals surface area contributed by atoms with E-state index in [0.717, 1.165) is 18.4 Å². The molecule has 0 aromatic heterocycles. The zero-order valence-electron chi connectivity index (χ0n) is 11.8. The molecule has 1 aliphatic heterocycles. The minimum atomic E-state index is -0.801. The molecule has 2 fully saturated rings. The van der Waals surface area contributed by atoms with E-state index in [0.29, 0.717) is 12.5 Å². The van der Waals surface area contributed by atoms with E-state index in [-0.39, 0.29) is 19.1 Å². The molecule has 112 valence electrons. The van der Waals surface area contributed by atoms with Gasteiger partial charge in [0.1, 0.15) is 6.61 Å². The van der Waals surface area contributed by atoms with Crippen LogP contribution in [-0.2, 0) is 16.1 Å². The van der Waals surface area contributed by atoms with Gasteiger partial charge in [-0.25, -0.2) is 4.79 Å². The molecular weight excluding hydrogens is 270 g/mol. The Labute approximate surface area is 123 Å². The minimum Gasteiger partial charge on any atom is -0.481 e. The molecule has 1 saturated heterocycles. The van der Waals surface area contributed by atoms with Crippen molar-refractivity contribution < 1.29 is 19.4 Å². The van der Waals surface area contributed by atoms with Crippen molar-refractivity contribution in [3.8, 4) is 0 Å². The van der Waals surface area contributed by atoms with Crippen molar-refractivity contribution >= 4 is 12.1 Å². The molecule has 1 aromatic rings. The zero-order chi connectivity index (χ0) is 14.8. The van der Waals surface area contributed by atoms with Gasteiger partial charge in [0.25, 0.3) is 0 Å². The van der Waals surface area contributed by atoms with E-state index in [1.807, 2.05) is 30.3 Å². The zero-order valence-corrected chi connectivity index (χ0v) is 11.8. The van der Waals surface area contributed by atoms with Crippen LogP contribution in [0, 0.1) is 17.8 Å². The van der Waals surface area contributed by atoms with E-state index in [9.17, 15) is 14.7 Å². The van der Waals surface area contributed by atoms with E-state index in [1.165, 1.54) is 0 Å². The van der Waals surface area contributed by atoms with Crippen molar-refractivity contribution in [3.05, 3.63) is 35.9 Å². The van der Waals surface area contributed by atoms with Crippen LogP contribution in [0.1, 0.15) is 18.4 Å². The number of aliphatic carboxylic acids is 1. The van der Waals surface area contributed by atoms with Crippen LogP contribution >= 0.6 is 0 Å². The molecule has 1 N–H and O–H groups in total. The number of ether oxygens (including phenoxy) is 1. The van der Waals surface area contributed by atoms with Crippen molar-refractivity contribution in [1.29, 1.82) is 0 Å². The number of rotatable bonds is 4. The fraction of sp³-hybridized carbons (Fsp3) is 0.500. The molecule has 0 bridgehead atoms. The van der Waals surface area contributed by atoms with E-state index in [2.05, 4.69) is 0 Å². The number of hydrogen-bond acceptors (Lipinski definition) is 3. The molecule has 1 saturated carbocycles. The van der Waals surface area contributed by atoms with Gasteiger partial charge in [-0.2, -0.15) is 0 Å². The molecular formula is C16H19NO4. The Balaban J connectivity index is 1.56. The maximum absolute atomic E-state index is 12.1. The van der Waals surface area contributed by atoms with Crippen molar-refractivity contribution in [2.24, 2.45) is 17.8 Å². The molecule has 2 aliphatic rings. The molecule has 2 atom stereocenters. The lowest BCUT2D eigenvalue weighted by Crippen LogP contribution is -2.30. The number of carboxylic acid groups (broad SMARTS) is 1. The van der Waals surface area contributed by atoms with Crippen LogP contribution in [0.4, 0.5) is 4.79 Å². The third kappa shape index (κ3) is 3.17. The van der Waals surface area contributed by atoms with Gasteiger partial charge in [0.2, 0.25) is 0 Å². The number of nitrogens with zero attached hydrogens (tertiary/aromatic N) is 1. The molecule has 0 radical (unpaired) electrons. The van der Waals surface area contributed by atoms with Crippen LogP contribution in [-0.4, -0.2) is 35.2 Å². The van der Waals surface area contributed by atoms with Gasteiger partial charge in [-0.3, -0.25) is 4.79 Å². The van der Waals surface area contributed by atoms with Crippen LogP contribution in [0.3, 0.4) is 0 Å². The van der Waals surface area contributed by atoms with Crippen LogP contribution < -0.4 is 0 Å². The number of carboxylic acids is 1. The standard InChI is InChI=1S/C16H19NO4/c18-15(19)14-9-17(8-13(14)12-6-7-12)16(20)21-10-11-4-2-1-3-5-11/h1-5,12-14H,6-10H2,(H,18,19)/t13-,14+/m0/s1. The molecule has 1 aliphatic carbocycles. The quantitative estimate of drug-likeness (QED) is 0.924. The summed E-state index contributed by atoms with van der Waals surface area (Å²) in [5.41, 5.74) is 0.929. The summed E-state index contributed by atoms with van der Waals surface area (Å²) in [5, 5.41) is 9.29. The number of hydrogen-bond donors (Lipinski definition) is 1. The smallest absolute Gasteiger partial charge is 0.410 e. The SMILES string of the molecule is O=C(O)[C@@H]1CN(C(=O)OCc2ccccc2)C[C@H]1C1CC1. The maximum atomic E-state index is 12.1. The molecule has 5 nitrogen and oxygen atoms in total. The number of likely N-dealkylation sites (tertiary alicyclic amines) is 1. The topological polar surface area (TPSA) is 66.8 Å². The van der Waals surface area contributed by atoms with Gasteiger partial charge >= 0.3 is 12.1 Å². The van der Waals surface area contributed by atoms with E-state index in [1.54, 1.807) is 4.90 Å². The van der Waals surface area contributed by atoms with Gasteiger partial charge in [0, 0.05) is 13.1 Å². The van der Waals surface area contributed by atoms with Gasteiger partial charge in [-0.05, 0) is 30.2 Å². The van der Waals surface area contributed by atoms with E-state index >= 15 is 0 Å². The maximum Gasteiger partial charge on any atom is 0.410 e. The van der Waals surface area contributed by atoms with Gasteiger partial charge < -0.3 is 14.7 Å². The second-order valence-corrected chi connectivity index (χ2v) is 5.89. The molecule has 5 heteroatoms. The van der Waals surface area contributed by atoms with Gasteiger partial charge in [-0.1, -0.05) is 30.3 Å². The second-order valence-electron chi connectivity index (χ2n) is 5.89.